The number of aliphatic hydroxyl groups excluding tert-OH is 2. The summed E-state index contributed by atoms with van der Waals surface area (Å²) in [6, 6.07) is -2.24. The first-order valence-electron chi connectivity index (χ1n) is 9.62. The van der Waals surface area contributed by atoms with Crippen LogP contribution in [0.5, 0.6) is 0 Å². The van der Waals surface area contributed by atoms with Crippen LogP contribution in [0.15, 0.2) is 11.6 Å². The Kier molecular flexibility index (Phi) is 9.06. The molecule has 5 unspecified atom stereocenters. The van der Waals surface area contributed by atoms with Gasteiger partial charge in [-0.15, -0.1) is 0 Å². The number of carbonyl (C=O) groups is 3. The van der Waals surface area contributed by atoms with Gasteiger partial charge >= 0.3 is 0 Å². The standard InChI is InChI=1S/C19H34N4O5/c1-9(2)6-13(17(20)26)23-18(27)11-7-12(16(25)14(24)8-11)22-19(28)15(21-5)10(3)4/h7,9-10,12-16,21,24-25H,6,8H2,1-5H3,(H2,20,26)(H,22,28)(H,23,27). The van der Waals surface area contributed by atoms with Crippen molar-refractivity contribution in [2.24, 2.45) is 17.6 Å². The lowest BCUT2D eigenvalue weighted by Crippen LogP contribution is -2.56. The van der Waals surface area contributed by atoms with Gasteiger partial charge in [0.1, 0.15) is 12.1 Å². The van der Waals surface area contributed by atoms with Gasteiger partial charge in [-0.3, -0.25) is 14.4 Å². The fourth-order valence-corrected chi connectivity index (χ4v) is 3.25. The summed E-state index contributed by atoms with van der Waals surface area (Å²) in [6.07, 6.45) is -0.747. The third kappa shape index (κ3) is 6.57. The van der Waals surface area contributed by atoms with Gasteiger partial charge in [-0.1, -0.05) is 33.8 Å². The van der Waals surface area contributed by atoms with Crippen molar-refractivity contribution in [1.29, 1.82) is 0 Å². The quantitative estimate of drug-likeness (QED) is 0.286. The number of rotatable bonds is 9. The number of nitrogens with two attached hydrogens (primary N) is 1. The lowest BCUT2D eigenvalue weighted by Gasteiger charge is -2.33. The first-order valence-corrected chi connectivity index (χ1v) is 9.62. The predicted octanol–water partition coefficient (Wildman–Crippen LogP) is -1.22. The topological polar surface area (TPSA) is 154 Å². The zero-order valence-corrected chi connectivity index (χ0v) is 17.2. The van der Waals surface area contributed by atoms with Crippen LogP contribution in [0.3, 0.4) is 0 Å². The molecule has 0 bridgehead atoms. The molecule has 0 saturated heterocycles. The number of likely N-dealkylation sites (N-methyl/N-ethyl adjacent to an activating group) is 1. The van der Waals surface area contributed by atoms with Gasteiger partial charge in [0.05, 0.1) is 18.2 Å². The second-order valence-electron chi connectivity index (χ2n) is 8.06. The molecule has 1 aliphatic rings. The molecule has 1 rings (SSSR count). The highest BCUT2D eigenvalue weighted by Gasteiger charge is 2.35. The molecule has 3 amide bonds. The first kappa shape index (κ1) is 24.1. The lowest BCUT2D eigenvalue weighted by molar-refractivity contribution is -0.127. The maximum absolute atomic E-state index is 12.6. The SMILES string of the molecule is CNC(C(=O)NC1C=C(C(=O)NC(CC(C)C)C(N)=O)CC(O)C1O)C(C)C. The second-order valence-corrected chi connectivity index (χ2v) is 8.06. The van der Waals surface area contributed by atoms with Gasteiger partial charge in [0.15, 0.2) is 0 Å². The number of aliphatic hydroxyl groups is 2. The predicted molar refractivity (Wildman–Crippen MR) is 105 cm³/mol. The van der Waals surface area contributed by atoms with Crippen molar-refractivity contribution < 1.29 is 24.6 Å². The summed E-state index contributed by atoms with van der Waals surface area (Å²) in [7, 11) is 1.66. The Morgan fingerprint density at radius 2 is 1.82 bits per heavy atom. The van der Waals surface area contributed by atoms with Crippen LogP contribution in [0.1, 0.15) is 40.5 Å². The number of carbonyl (C=O) groups excluding carboxylic acids is 3. The lowest BCUT2D eigenvalue weighted by atomic mass is 9.89. The van der Waals surface area contributed by atoms with Crippen molar-refractivity contribution in [3.05, 3.63) is 11.6 Å². The van der Waals surface area contributed by atoms with Crippen LogP contribution in [0.4, 0.5) is 0 Å². The molecule has 9 nitrogen and oxygen atoms in total. The molecule has 0 saturated carbocycles. The molecule has 5 atom stereocenters. The van der Waals surface area contributed by atoms with Crippen LogP contribution in [0.2, 0.25) is 0 Å². The van der Waals surface area contributed by atoms with Crippen molar-refractivity contribution in [2.75, 3.05) is 7.05 Å². The maximum atomic E-state index is 12.6. The molecule has 0 spiro atoms. The van der Waals surface area contributed by atoms with Gasteiger partial charge in [-0.2, -0.15) is 0 Å². The number of hydrogen-bond donors (Lipinski definition) is 6. The molecular weight excluding hydrogens is 364 g/mol. The minimum absolute atomic E-state index is 0.00904. The van der Waals surface area contributed by atoms with E-state index >= 15 is 0 Å². The minimum Gasteiger partial charge on any atom is -0.390 e. The van der Waals surface area contributed by atoms with E-state index in [9.17, 15) is 24.6 Å². The number of amides is 3. The minimum atomic E-state index is -1.24. The smallest absolute Gasteiger partial charge is 0.247 e. The molecule has 1 aliphatic carbocycles. The average Bonchev–Trinajstić information content (AvgIpc) is 2.57. The fraction of sp³-hybridized carbons (Fsp3) is 0.737. The second kappa shape index (κ2) is 10.5. The van der Waals surface area contributed by atoms with E-state index in [4.69, 9.17) is 5.73 Å². The Morgan fingerprint density at radius 3 is 2.29 bits per heavy atom. The van der Waals surface area contributed by atoms with E-state index in [2.05, 4.69) is 16.0 Å². The zero-order chi connectivity index (χ0) is 21.6. The Morgan fingerprint density at radius 1 is 1.21 bits per heavy atom. The van der Waals surface area contributed by atoms with Crippen LogP contribution in [0, 0.1) is 11.8 Å². The van der Waals surface area contributed by atoms with Gasteiger partial charge < -0.3 is 31.9 Å². The van der Waals surface area contributed by atoms with E-state index in [1.54, 1.807) is 7.05 Å². The van der Waals surface area contributed by atoms with Crippen LogP contribution in [-0.2, 0) is 14.4 Å². The number of primary amides is 1. The summed E-state index contributed by atoms with van der Waals surface area (Å²) < 4.78 is 0. The average molecular weight is 399 g/mol. The van der Waals surface area contributed by atoms with Crippen molar-refractivity contribution in [2.45, 2.75) is 70.9 Å². The molecule has 0 aliphatic heterocycles. The fourth-order valence-electron chi connectivity index (χ4n) is 3.25. The van der Waals surface area contributed by atoms with E-state index in [0.29, 0.717) is 6.42 Å². The Hall–Kier alpha value is -1.97. The summed E-state index contributed by atoms with van der Waals surface area (Å²) in [5.41, 5.74) is 5.54. The van der Waals surface area contributed by atoms with Crippen LogP contribution < -0.4 is 21.7 Å². The van der Waals surface area contributed by atoms with Crippen LogP contribution in [-0.4, -0.2) is 65.3 Å². The van der Waals surface area contributed by atoms with Gasteiger partial charge in [0.25, 0.3) is 0 Å². The highest BCUT2D eigenvalue weighted by atomic mass is 16.3. The molecule has 0 aromatic carbocycles. The van der Waals surface area contributed by atoms with Gasteiger partial charge in [0.2, 0.25) is 17.7 Å². The molecule has 0 aromatic rings. The van der Waals surface area contributed by atoms with E-state index in [-0.39, 0.29) is 29.7 Å². The molecule has 9 heteroatoms. The summed E-state index contributed by atoms with van der Waals surface area (Å²) in [6.45, 7) is 7.56. The maximum Gasteiger partial charge on any atom is 0.247 e. The van der Waals surface area contributed by atoms with Crippen LogP contribution in [0.25, 0.3) is 0 Å². The third-order valence-electron chi connectivity index (χ3n) is 4.79. The van der Waals surface area contributed by atoms with E-state index in [1.165, 1.54) is 6.08 Å². The molecular formula is C19H34N4O5. The van der Waals surface area contributed by atoms with E-state index in [1.807, 2.05) is 27.7 Å². The summed E-state index contributed by atoms with van der Waals surface area (Å²) in [5, 5.41) is 28.5. The first-order chi connectivity index (χ1) is 13.0. The van der Waals surface area contributed by atoms with E-state index < -0.39 is 42.1 Å². The van der Waals surface area contributed by atoms with Crippen molar-refractivity contribution in [3.8, 4) is 0 Å². The number of nitrogens with one attached hydrogen (secondary N) is 3. The van der Waals surface area contributed by atoms with Crippen LogP contribution >= 0.6 is 0 Å². The molecule has 160 valence electrons. The monoisotopic (exact) mass is 398 g/mol. The number of hydrogen-bond acceptors (Lipinski definition) is 6. The summed E-state index contributed by atoms with van der Waals surface area (Å²) in [5.74, 6) is -1.38. The van der Waals surface area contributed by atoms with E-state index in [0.717, 1.165) is 0 Å². The van der Waals surface area contributed by atoms with Gasteiger partial charge in [-0.25, -0.2) is 0 Å². The van der Waals surface area contributed by atoms with Gasteiger partial charge in [0, 0.05) is 12.0 Å². The molecule has 0 fully saturated rings. The highest BCUT2D eigenvalue weighted by molar-refractivity contribution is 5.97. The molecule has 7 N–H and O–H groups in total. The summed E-state index contributed by atoms with van der Waals surface area (Å²) in [4.78, 5) is 36.6. The summed E-state index contributed by atoms with van der Waals surface area (Å²) >= 11 is 0. The third-order valence-corrected chi connectivity index (χ3v) is 4.79. The molecule has 28 heavy (non-hydrogen) atoms. The highest BCUT2D eigenvalue weighted by Crippen LogP contribution is 2.21. The van der Waals surface area contributed by atoms with Crippen molar-refractivity contribution in [1.82, 2.24) is 16.0 Å². The molecule has 0 heterocycles. The van der Waals surface area contributed by atoms with Crippen molar-refractivity contribution >= 4 is 17.7 Å². The molecule has 0 radical (unpaired) electrons. The zero-order valence-electron chi connectivity index (χ0n) is 17.2. The Balaban J connectivity index is 2.96. The largest absolute Gasteiger partial charge is 0.390 e. The molecule has 0 aromatic heterocycles. The Labute approximate surface area is 166 Å². The normalized spacial score (nSPS) is 24.5. The van der Waals surface area contributed by atoms with Crippen molar-refractivity contribution in [3.63, 3.8) is 0 Å². The van der Waals surface area contributed by atoms with Gasteiger partial charge in [-0.05, 0) is 25.3 Å². The Bertz CT molecular complexity index is 605.